The van der Waals surface area contributed by atoms with E-state index in [4.69, 9.17) is 4.74 Å². The van der Waals surface area contributed by atoms with Crippen LogP contribution in [0.2, 0.25) is 0 Å². The van der Waals surface area contributed by atoms with Gasteiger partial charge in [-0.1, -0.05) is 15.9 Å². The second-order valence-corrected chi connectivity index (χ2v) is 7.55. The molecule has 0 bridgehead atoms. The van der Waals surface area contributed by atoms with Crippen molar-refractivity contribution in [3.8, 4) is 0 Å². The summed E-state index contributed by atoms with van der Waals surface area (Å²) in [6.45, 7) is 2.75. The molecule has 1 aliphatic rings. The monoisotopic (exact) mass is 445 g/mol. The van der Waals surface area contributed by atoms with Crippen LogP contribution in [0.1, 0.15) is 33.6 Å². The second kappa shape index (κ2) is 9.71. The summed E-state index contributed by atoms with van der Waals surface area (Å²) in [5.74, 6) is -0.383. The third-order valence-corrected chi connectivity index (χ3v) is 5.17. The molecule has 0 aromatic heterocycles. The maximum atomic E-state index is 12.7. The normalized spacial score (nSPS) is 13.4. The minimum Gasteiger partial charge on any atom is -0.383 e. The Balaban J connectivity index is 1.81. The average Bonchev–Trinajstić information content (AvgIpc) is 3.23. The number of methoxy groups -OCH3 is 1. The van der Waals surface area contributed by atoms with Crippen molar-refractivity contribution in [2.75, 3.05) is 43.6 Å². The Hall–Kier alpha value is -2.38. The Labute approximate surface area is 173 Å². The quantitative estimate of drug-likeness (QED) is 0.637. The van der Waals surface area contributed by atoms with E-state index in [1.165, 1.54) is 0 Å². The zero-order valence-corrected chi connectivity index (χ0v) is 17.4. The lowest BCUT2D eigenvalue weighted by molar-refractivity contribution is 0.0936. The van der Waals surface area contributed by atoms with Gasteiger partial charge in [0.15, 0.2) is 0 Å². The minimum absolute atomic E-state index is 0.168. The summed E-state index contributed by atoms with van der Waals surface area (Å²) in [5, 5.41) is 5.75. The highest BCUT2D eigenvalue weighted by atomic mass is 79.9. The number of nitrogens with one attached hydrogen (secondary N) is 2. The Morgan fingerprint density at radius 2 is 1.79 bits per heavy atom. The van der Waals surface area contributed by atoms with Crippen molar-refractivity contribution in [1.29, 1.82) is 0 Å². The number of anilines is 2. The van der Waals surface area contributed by atoms with E-state index in [1.807, 2.05) is 24.3 Å². The SMILES string of the molecule is COCCNC(=O)c1cc(NC(=O)c2ccc(Br)cc2)ccc1N1CCCC1. The van der Waals surface area contributed by atoms with Crippen LogP contribution in [0.15, 0.2) is 46.9 Å². The first-order chi connectivity index (χ1) is 13.6. The van der Waals surface area contributed by atoms with Crippen molar-refractivity contribution in [2.24, 2.45) is 0 Å². The molecule has 7 heteroatoms. The Kier molecular flexibility index (Phi) is 7.06. The molecule has 28 heavy (non-hydrogen) atoms. The highest BCUT2D eigenvalue weighted by molar-refractivity contribution is 9.10. The molecule has 1 fully saturated rings. The fourth-order valence-electron chi connectivity index (χ4n) is 3.20. The topological polar surface area (TPSA) is 70.7 Å². The molecule has 2 N–H and O–H groups in total. The standard InChI is InChI=1S/C21H24BrN3O3/c1-28-13-10-23-21(27)18-14-17(8-9-19(18)25-11-2-3-12-25)24-20(26)15-4-6-16(22)7-5-15/h4-9,14H,2-3,10-13H2,1H3,(H,23,27)(H,24,26). The number of hydrogen-bond donors (Lipinski definition) is 2. The van der Waals surface area contributed by atoms with Crippen molar-refractivity contribution in [3.63, 3.8) is 0 Å². The number of hydrogen-bond acceptors (Lipinski definition) is 4. The number of carbonyl (C=O) groups excluding carboxylic acids is 2. The first kappa shape index (κ1) is 20.4. The van der Waals surface area contributed by atoms with Gasteiger partial charge in [-0.25, -0.2) is 0 Å². The number of ether oxygens (including phenoxy) is 1. The van der Waals surface area contributed by atoms with Crippen molar-refractivity contribution in [2.45, 2.75) is 12.8 Å². The largest absolute Gasteiger partial charge is 0.383 e. The summed E-state index contributed by atoms with van der Waals surface area (Å²) in [6.07, 6.45) is 2.24. The second-order valence-electron chi connectivity index (χ2n) is 6.64. The molecule has 0 aliphatic carbocycles. The molecule has 0 atom stereocenters. The van der Waals surface area contributed by atoms with E-state index in [0.717, 1.165) is 36.1 Å². The lowest BCUT2D eigenvalue weighted by Gasteiger charge is -2.22. The van der Waals surface area contributed by atoms with Gasteiger partial charge in [-0.3, -0.25) is 9.59 Å². The van der Waals surface area contributed by atoms with Gasteiger partial charge < -0.3 is 20.3 Å². The molecule has 2 aromatic rings. The number of amides is 2. The number of benzene rings is 2. The number of nitrogens with zero attached hydrogens (tertiary/aromatic N) is 1. The smallest absolute Gasteiger partial charge is 0.255 e. The van der Waals surface area contributed by atoms with Gasteiger partial charge >= 0.3 is 0 Å². The molecule has 0 radical (unpaired) electrons. The van der Waals surface area contributed by atoms with Crippen LogP contribution in [0.5, 0.6) is 0 Å². The summed E-state index contributed by atoms with van der Waals surface area (Å²) < 4.78 is 5.92. The van der Waals surface area contributed by atoms with Gasteiger partial charge in [0.05, 0.1) is 12.2 Å². The molecular formula is C21H24BrN3O3. The maximum absolute atomic E-state index is 12.7. The lowest BCUT2D eigenvalue weighted by atomic mass is 10.1. The van der Waals surface area contributed by atoms with Gasteiger partial charge in [-0.15, -0.1) is 0 Å². The summed E-state index contributed by atoms with van der Waals surface area (Å²) >= 11 is 3.36. The van der Waals surface area contributed by atoms with E-state index in [-0.39, 0.29) is 11.8 Å². The molecule has 0 unspecified atom stereocenters. The van der Waals surface area contributed by atoms with Gasteiger partial charge in [0.25, 0.3) is 11.8 Å². The third kappa shape index (κ3) is 5.11. The van der Waals surface area contributed by atoms with Gasteiger partial charge in [-0.2, -0.15) is 0 Å². The van der Waals surface area contributed by atoms with E-state index < -0.39 is 0 Å². The fraction of sp³-hybridized carbons (Fsp3) is 0.333. The molecule has 2 aromatic carbocycles. The molecule has 1 aliphatic heterocycles. The Bertz CT molecular complexity index is 833. The predicted molar refractivity (Wildman–Crippen MR) is 114 cm³/mol. The first-order valence-corrected chi connectivity index (χ1v) is 10.1. The Morgan fingerprint density at radius 3 is 2.46 bits per heavy atom. The molecule has 3 rings (SSSR count). The van der Waals surface area contributed by atoms with Gasteiger partial charge in [0.1, 0.15) is 0 Å². The van der Waals surface area contributed by atoms with Crippen molar-refractivity contribution in [1.82, 2.24) is 5.32 Å². The number of carbonyl (C=O) groups is 2. The van der Waals surface area contributed by atoms with Crippen LogP contribution in [0.25, 0.3) is 0 Å². The van der Waals surface area contributed by atoms with Crippen molar-refractivity contribution in [3.05, 3.63) is 58.1 Å². The lowest BCUT2D eigenvalue weighted by Crippen LogP contribution is -2.30. The van der Waals surface area contributed by atoms with Gasteiger partial charge in [0, 0.05) is 48.2 Å². The van der Waals surface area contributed by atoms with E-state index >= 15 is 0 Å². The summed E-state index contributed by atoms with van der Waals surface area (Å²) in [7, 11) is 1.60. The summed E-state index contributed by atoms with van der Waals surface area (Å²) in [6, 6.07) is 12.6. The van der Waals surface area contributed by atoms with Crippen LogP contribution in [0.3, 0.4) is 0 Å². The van der Waals surface area contributed by atoms with Crippen molar-refractivity contribution < 1.29 is 14.3 Å². The molecule has 0 saturated carbocycles. The zero-order valence-electron chi connectivity index (χ0n) is 15.8. The number of rotatable bonds is 7. The van der Waals surface area contributed by atoms with Gasteiger partial charge in [0.2, 0.25) is 0 Å². The van der Waals surface area contributed by atoms with Crippen LogP contribution in [-0.4, -0.2) is 45.2 Å². The Morgan fingerprint density at radius 1 is 1.07 bits per heavy atom. The van der Waals surface area contributed by atoms with E-state index in [2.05, 4.69) is 31.5 Å². The predicted octanol–water partition coefficient (Wildman–Crippen LogP) is 3.68. The molecule has 1 heterocycles. The molecule has 0 spiro atoms. The third-order valence-electron chi connectivity index (χ3n) is 4.64. The highest BCUT2D eigenvalue weighted by Crippen LogP contribution is 2.28. The molecule has 2 amide bonds. The molecular weight excluding hydrogens is 422 g/mol. The molecule has 1 saturated heterocycles. The number of halogens is 1. The van der Waals surface area contributed by atoms with Crippen LogP contribution < -0.4 is 15.5 Å². The van der Waals surface area contributed by atoms with E-state index in [1.54, 1.807) is 25.3 Å². The van der Waals surface area contributed by atoms with Crippen LogP contribution in [-0.2, 0) is 4.74 Å². The zero-order chi connectivity index (χ0) is 19.9. The van der Waals surface area contributed by atoms with Crippen molar-refractivity contribution >= 4 is 39.1 Å². The summed E-state index contributed by atoms with van der Waals surface area (Å²) in [4.78, 5) is 27.4. The first-order valence-electron chi connectivity index (χ1n) is 9.31. The fourth-order valence-corrected chi connectivity index (χ4v) is 3.46. The van der Waals surface area contributed by atoms with E-state index in [0.29, 0.717) is 30.0 Å². The average molecular weight is 446 g/mol. The van der Waals surface area contributed by atoms with E-state index in [9.17, 15) is 9.59 Å². The van der Waals surface area contributed by atoms with Crippen LogP contribution >= 0.6 is 15.9 Å². The van der Waals surface area contributed by atoms with Crippen LogP contribution in [0, 0.1) is 0 Å². The van der Waals surface area contributed by atoms with Crippen LogP contribution in [0.4, 0.5) is 11.4 Å². The minimum atomic E-state index is -0.216. The maximum Gasteiger partial charge on any atom is 0.255 e. The highest BCUT2D eigenvalue weighted by Gasteiger charge is 2.20. The molecule has 148 valence electrons. The molecule has 6 nitrogen and oxygen atoms in total. The van der Waals surface area contributed by atoms with Gasteiger partial charge in [-0.05, 0) is 55.3 Å². The summed E-state index contributed by atoms with van der Waals surface area (Å²) in [5.41, 5.74) is 2.60.